The summed E-state index contributed by atoms with van der Waals surface area (Å²) in [5.74, 6) is -0.271. The highest BCUT2D eigenvalue weighted by Crippen LogP contribution is 2.14. The zero-order chi connectivity index (χ0) is 17.3. The molecule has 0 aliphatic rings. The number of carbonyl (C=O) groups is 1. The SMILES string of the molecule is NS(=O)(=O)c1ccc(NC(=O)Cc2cn3cc(Cl)ccc3n2)cc1. The number of halogens is 1. The molecule has 2 heterocycles. The lowest BCUT2D eigenvalue weighted by Crippen LogP contribution is -2.15. The van der Waals surface area contributed by atoms with E-state index in [1.807, 2.05) is 0 Å². The molecule has 0 aliphatic carbocycles. The van der Waals surface area contributed by atoms with Crippen LogP contribution in [0.1, 0.15) is 5.69 Å². The Bertz CT molecular complexity index is 1010. The van der Waals surface area contributed by atoms with Crippen LogP contribution in [0.3, 0.4) is 0 Å². The van der Waals surface area contributed by atoms with Crippen LogP contribution in [0.15, 0.2) is 53.7 Å². The first-order valence-electron chi connectivity index (χ1n) is 6.87. The maximum atomic E-state index is 12.1. The summed E-state index contributed by atoms with van der Waals surface area (Å²) in [5.41, 5.74) is 1.76. The Balaban J connectivity index is 1.70. The topological polar surface area (TPSA) is 107 Å². The Labute approximate surface area is 143 Å². The maximum absolute atomic E-state index is 12.1. The van der Waals surface area contributed by atoms with Crippen molar-refractivity contribution < 1.29 is 13.2 Å². The van der Waals surface area contributed by atoms with Gasteiger partial charge in [0.1, 0.15) is 5.65 Å². The van der Waals surface area contributed by atoms with Crippen LogP contribution in [-0.4, -0.2) is 23.7 Å². The molecule has 0 atom stereocenters. The minimum absolute atomic E-state index is 0.0160. The summed E-state index contributed by atoms with van der Waals surface area (Å²) in [6, 6.07) is 9.09. The lowest BCUT2D eigenvalue weighted by molar-refractivity contribution is -0.115. The summed E-state index contributed by atoms with van der Waals surface area (Å²) < 4.78 is 24.1. The van der Waals surface area contributed by atoms with Crippen molar-refractivity contribution in [3.05, 3.63) is 59.5 Å². The summed E-state index contributed by atoms with van der Waals surface area (Å²) in [6.45, 7) is 0. The summed E-state index contributed by atoms with van der Waals surface area (Å²) in [7, 11) is -3.75. The Kier molecular flexibility index (Phi) is 4.27. The number of nitrogens with one attached hydrogen (secondary N) is 1. The molecule has 3 rings (SSSR count). The van der Waals surface area contributed by atoms with Gasteiger partial charge in [0.05, 0.1) is 22.0 Å². The van der Waals surface area contributed by atoms with E-state index in [-0.39, 0.29) is 17.2 Å². The molecule has 2 aromatic heterocycles. The van der Waals surface area contributed by atoms with E-state index in [0.717, 1.165) is 0 Å². The molecule has 124 valence electrons. The first-order chi connectivity index (χ1) is 11.3. The van der Waals surface area contributed by atoms with E-state index in [2.05, 4.69) is 10.3 Å². The number of aromatic nitrogens is 2. The molecule has 0 spiro atoms. The van der Waals surface area contributed by atoms with Crippen LogP contribution >= 0.6 is 11.6 Å². The zero-order valence-electron chi connectivity index (χ0n) is 12.3. The number of hydrogen-bond acceptors (Lipinski definition) is 4. The lowest BCUT2D eigenvalue weighted by atomic mass is 10.3. The third-order valence-corrected chi connectivity index (χ3v) is 4.43. The van der Waals surface area contributed by atoms with Crippen LogP contribution in [0, 0.1) is 0 Å². The molecule has 0 bridgehead atoms. The van der Waals surface area contributed by atoms with Crippen LogP contribution in [0.2, 0.25) is 5.02 Å². The second-order valence-electron chi connectivity index (χ2n) is 5.14. The van der Waals surface area contributed by atoms with E-state index in [4.69, 9.17) is 16.7 Å². The van der Waals surface area contributed by atoms with E-state index < -0.39 is 10.0 Å². The Hall–Kier alpha value is -2.42. The fourth-order valence-corrected chi connectivity index (χ4v) is 2.88. The minimum atomic E-state index is -3.75. The normalized spacial score (nSPS) is 11.6. The van der Waals surface area contributed by atoms with E-state index in [0.29, 0.717) is 22.1 Å². The molecule has 0 unspecified atom stereocenters. The van der Waals surface area contributed by atoms with Gasteiger partial charge in [0.25, 0.3) is 0 Å². The number of nitrogens with two attached hydrogens (primary N) is 1. The molecule has 0 saturated heterocycles. The molecule has 0 saturated carbocycles. The highest BCUT2D eigenvalue weighted by molar-refractivity contribution is 7.89. The number of pyridine rings is 1. The van der Waals surface area contributed by atoms with Crippen LogP contribution in [0.5, 0.6) is 0 Å². The smallest absolute Gasteiger partial charge is 0.238 e. The van der Waals surface area contributed by atoms with Crippen molar-refractivity contribution in [3.63, 3.8) is 0 Å². The molecule has 24 heavy (non-hydrogen) atoms. The highest BCUT2D eigenvalue weighted by atomic mass is 35.5. The monoisotopic (exact) mass is 364 g/mol. The van der Waals surface area contributed by atoms with Gasteiger partial charge < -0.3 is 9.72 Å². The van der Waals surface area contributed by atoms with E-state index in [1.165, 1.54) is 24.3 Å². The second kappa shape index (κ2) is 6.23. The molecule has 0 fully saturated rings. The molecule has 1 amide bonds. The van der Waals surface area contributed by atoms with Crippen molar-refractivity contribution in [2.24, 2.45) is 5.14 Å². The van der Waals surface area contributed by atoms with E-state index in [9.17, 15) is 13.2 Å². The number of sulfonamides is 1. The number of primary sulfonamides is 1. The maximum Gasteiger partial charge on any atom is 0.238 e. The van der Waals surface area contributed by atoms with Gasteiger partial charge in [-0.25, -0.2) is 18.5 Å². The molecule has 1 aromatic carbocycles. The van der Waals surface area contributed by atoms with Crippen LogP contribution < -0.4 is 10.5 Å². The summed E-state index contributed by atoms with van der Waals surface area (Å²) >= 11 is 5.91. The van der Waals surface area contributed by atoms with Crippen molar-refractivity contribution in [2.75, 3.05) is 5.32 Å². The average Bonchev–Trinajstić information content (AvgIpc) is 2.87. The molecule has 0 aliphatic heterocycles. The van der Waals surface area contributed by atoms with Crippen molar-refractivity contribution in [3.8, 4) is 0 Å². The standard InChI is InChI=1S/C15H13ClN4O3S/c16-10-1-6-14-18-12(9-20(14)8-10)7-15(21)19-11-2-4-13(5-3-11)24(17,22)23/h1-6,8-9H,7H2,(H,19,21)(H2,17,22,23). The predicted octanol–water partition coefficient (Wildman–Crippen LogP) is 1.82. The zero-order valence-corrected chi connectivity index (χ0v) is 13.9. The van der Waals surface area contributed by atoms with Gasteiger partial charge in [0.2, 0.25) is 15.9 Å². The second-order valence-corrected chi connectivity index (χ2v) is 7.14. The highest BCUT2D eigenvalue weighted by Gasteiger charge is 2.10. The van der Waals surface area contributed by atoms with E-state index >= 15 is 0 Å². The Morgan fingerprint density at radius 2 is 1.88 bits per heavy atom. The third-order valence-electron chi connectivity index (χ3n) is 3.27. The molecular formula is C15H13ClN4O3S. The van der Waals surface area contributed by atoms with Crippen LogP contribution in [0.25, 0.3) is 5.65 Å². The lowest BCUT2D eigenvalue weighted by Gasteiger charge is -2.05. The van der Waals surface area contributed by atoms with Crippen LogP contribution in [0.4, 0.5) is 5.69 Å². The van der Waals surface area contributed by atoms with Crippen molar-refractivity contribution in [1.29, 1.82) is 0 Å². The van der Waals surface area contributed by atoms with Gasteiger partial charge in [0.15, 0.2) is 0 Å². The number of nitrogens with zero attached hydrogens (tertiary/aromatic N) is 2. The van der Waals surface area contributed by atoms with Crippen LogP contribution in [-0.2, 0) is 21.2 Å². The van der Waals surface area contributed by atoms with Gasteiger partial charge in [0, 0.05) is 18.1 Å². The van der Waals surface area contributed by atoms with Gasteiger partial charge in [-0.3, -0.25) is 4.79 Å². The fraction of sp³-hybridized carbons (Fsp3) is 0.0667. The molecule has 3 N–H and O–H groups in total. The minimum Gasteiger partial charge on any atom is -0.326 e. The molecule has 9 heteroatoms. The van der Waals surface area contributed by atoms with Gasteiger partial charge in [-0.05, 0) is 36.4 Å². The number of rotatable bonds is 4. The Morgan fingerprint density at radius 3 is 2.54 bits per heavy atom. The number of imidazole rings is 1. The molecular weight excluding hydrogens is 352 g/mol. The summed E-state index contributed by atoms with van der Waals surface area (Å²) in [5, 5.41) is 8.27. The summed E-state index contributed by atoms with van der Waals surface area (Å²) in [4.78, 5) is 16.4. The van der Waals surface area contributed by atoms with Gasteiger partial charge in [-0.1, -0.05) is 11.6 Å². The van der Waals surface area contributed by atoms with Gasteiger partial charge in [-0.2, -0.15) is 0 Å². The molecule has 7 nitrogen and oxygen atoms in total. The number of amides is 1. The van der Waals surface area contributed by atoms with Crippen molar-refractivity contribution in [1.82, 2.24) is 9.38 Å². The number of carbonyl (C=O) groups excluding carboxylic acids is 1. The average molecular weight is 365 g/mol. The number of hydrogen-bond donors (Lipinski definition) is 2. The molecule has 0 radical (unpaired) electrons. The quantitative estimate of drug-likeness (QED) is 0.736. The van der Waals surface area contributed by atoms with Crippen molar-refractivity contribution >= 4 is 38.9 Å². The third kappa shape index (κ3) is 3.73. The first-order valence-corrected chi connectivity index (χ1v) is 8.79. The summed E-state index contributed by atoms with van der Waals surface area (Å²) in [6.07, 6.45) is 3.51. The number of benzene rings is 1. The predicted molar refractivity (Wildman–Crippen MR) is 90.4 cm³/mol. The Morgan fingerprint density at radius 1 is 1.17 bits per heavy atom. The molecule has 3 aromatic rings. The number of fused-ring (bicyclic) bond motifs is 1. The first kappa shape index (κ1) is 16.4. The fourth-order valence-electron chi connectivity index (χ4n) is 2.20. The van der Waals surface area contributed by atoms with E-state index in [1.54, 1.807) is 28.9 Å². The van der Waals surface area contributed by atoms with Gasteiger partial charge >= 0.3 is 0 Å². The van der Waals surface area contributed by atoms with Crippen molar-refractivity contribution in [2.45, 2.75) is 11.3 Å². The van der Waals surface area contributed by atoms with Gasteiger partial charge in [-0.15, -0.1) is 0 Å². The largest absolute Gasteiger partial charge is 0.326 e. The number of anilines is 1.